The maximum absolute atomic E-state index is 14.2. The Balaban J connectivity index is 1.21. The van der Waals surface area contributed by atoms with Gasteiger partial charge in [0.2, 0.25) is 11.6 Å². The quantitative estimate of drug-likeness (QED) is 0.218. The number of rotatable bonds is 11. The molecule has 0 saturated carbocycles. The molecule has 1 amide bonds. The number of carbonyl (C=O) groups is 1. The molecular formula is C30H43FN8O4. The molecule has 3 atom stereocenters. The lowest BCUT2D eigenvalue weighted by molar-refractivity contribution is -0.205. The molecule has 43 heavy (non-hydrogen) atoms. The van der Waals surface area contributed by atoms with Gasteiger partial charge < -0.3 is 31.0 Å². The molecule has 2 saturated heterocycles. The van der Waals surface area contributed by atoms with Crippen LogP contribution in [-0.4, -0.2) is 74.1 Å². The fourth-order valence-electron chi connectivity index (χ4n) is 5.99. The molecule has 2 aromatic heterocycles. The SMILES string of the molecule is CC(C)c1cc(NC(=O)CCCCN(CC2OCC3(n4cnc5c(N)ncnc54)OC(C)(C)OC23)C(C)C)c(N)cc1F. The molecule has 3 unspecified atom stereocenters. The number of nitrogens with two attached hydrogens (primary N) is 2. The third-order valence-electron chi connectivity index (χ3n) is 8.20. The topological polar surface area (TPSA) is 156 Å². The van der Waals surface area contributed by atoms with Crippen LogP contribution in [0.15, 0.2) is 24.8 Å². The Bertz CT molecular complexity index is 1480. The lowest BCUT2D eigenvalue weighted by atomic mass is 10.0. The molecule has 0 bridgehead atoms. The summed E-state index contributed by atoms with van der Waals surface area (Å²) in [5.41, 5.74) is 13.3. The first-order valence-electron chi connectivity index (χ1n) is 14.9. The minimum atomic E-state index is -0.956. The molecule has 13 heteroatoms. The molecular weight excluding hydrogens is 555 g/mol. The van der Waals surface area contributed by atoms with E-state index in [1.807, 2.05) is 32.3 Å². The van der Waals surface area contributed by atoms with Crippen molar-refractivity contribution in [2.24, 2.45) is 0 Å². The standard InChI is InChI=1S/C30H43FN8O4/c1-17(2)19-11-22(21(32)12-20(19)31)37-24(40)9-7-8-10-38(18(3)4)13-23-26-30(14-41-23,43-29(5,6)42-26)39-16-36-25-27(33)34-15-35-28(25)39/h11-12,15-18,23,26H,7-10,13-14,32H2,1-6H3,(H,37,40)(H2,33,34,35). The first kappa shape index (κ1) is 31.0. The molecule has 234 valence electrons. The zero-order chi connectivity index (χ0) is 31.1. The number of hydrogen-bond acceptors (Lipinski definition) is 10. The van der Waals surface area contributed by atoms with Crippen molar-refractivity contribution < 1.29 is 23.4 Å². The molecule has 0 radical (unpaired) electrons. The van der Waals surface area contributed by atoms with Crippen LogP contribution in [0.25, 0.3) is 11.2 Å². The van der Waals surface area contributed by atoms with E-state index in [0.717, 1.165) is 13.0 Å². The number of ether oxygens (including phenoxy) is 3. The van der Waals surface area contributed by atoms with Crippen LogP contribution < -0.4 is 16.8 Å². The van der Waals surface area contributed by atoms with E-state index < -0.39 is 17.6 Å². The molecule has 4 heterocycles. The highest BCUT2D eigenvalue weighted by Gasteiger charge is 2.63. The maximum atomic E-state index is 14.2. The van der Waals surface area contributed by atoms with Gasteiger partial charge in [-0.2, -0.15) is 0 Å². The van der Waals surface area contributed by atoms with Crippen LogP contribution >= 0.6 is 0 Å². The summed E-state index contributed by atoms with van der Waals surface area (Å²) in [6, 6.07) is 3.13. The Hall–Kier alpha value is -3.39. The third kappa shape index (κ3) is 6.17. The number of aromatic nitrogens is 4. The summed E-state index contributed by atoms with van der Waals surface area (Å²) >= 11 is 0. The number of hydrogen-bond donors (Lipinski definition) is 3. The Morgan fingerprint density at radius 1 is 1.19 bits per heavy atom. The van der Waals surface area contributed by atoms with Gasteiger partial charge >= 0.3 is 0 Å². The third-order valence-corrected chi connectivity index (χ3v) is 8.20. The highest BCUT2D eigenvalue weighted by molar-refractivity contribution is 5.94. The molecule has 1 aromatic carbocycles. The number of anilines is 3. The Kier molecular flexibility index (Phi) is 8.63. The van der Waals surface area contributed by atoms with E-state index in [2.05, 4.69) is 39.0 Å². The molecule has 0 spiro atoms. The predicted octanol–water partition coefficient (Wildman–Crippen LogP) is 3.98. The summed E-state index contributed by atoms with van der Waals surface area (Å²) in [7, 11) is 0. The molecule has 0 aliphatic carbocycles. The Morgan fingerprint density at radius 3 is 2.67 bits per heavy atom. The van der Waals surface area contributed by atoms with Crippen molar-refractivity contribution in [2.75, 3.05) is 36.5 Å². The summed E-state index contributed by atoms with van der Waals surface area (Å²) in [5.74, 6) is -1.08. The second-order valence-corrected chi connectivity index (χ2v) is 12.5. The number of amides is 1. The van der Waals surface area contributed by atoms with Crippen LogP contribution in [0, 0.1) is 5.82 Å². The van der Waals surface area contributed by atoms with Crippen molar-refractivity contribution in [1.29, 1.82) is 0 Å². The fourth-order valence-corrected chi connectivity index (χ4v) is 5.99. The predicted molar refractivity (Wildman–Crippen MR) is 162 cm³/mol. The Morgan fingerprint density at radius 2 is 1.95 bits per heavy atom. The van der Waals surface area contributed by atoms with Gasteiger partial charge in [0.15, 0.2) is 17.3 Å². The smallest absolute Gasteiger partial charge is 0.224 e. The summed E-state index contributed by atoms with van der Waals surface area (Å²) in [4.78, 5) is 27.9. The van der Waals surface area contributed by atoms with E-state index in [-0.39, 0.29) is 42.1 Å². The van der Waals surface area contributed by atoms with Crippen LogP contribution in [0.5, 0.6) is 0 Å². The number of unbranched alkanes of at least 4 members (excludes halogenated alkanes) is 1. The fraction of sp³-hybridized carbons (Fsp3) is 0.600. The van der Waals surface area contributed by atoms with E-state index >= 15 is 0 Å². The van der Waals surface area contributed by atoms with Crippen LogP contribution in [0.3, 0.4) is 0 Å². The minimum absolute atomic E-state index is 0.0217. The molecule has 2 aliphatic heterocycles. The number of fused-ring (bicyclic) bond motifs is 2. The average Bonchev–Trinajstić information content (AvgIpc) is 3.57. The normalized spacial score (nSPS) is 23.1. The number of nitrogen functional groups attached to an aromatic ring is 2. The minimum Gasteiger partial charge on any atom is -0.397 e. The second-order valence-electron chi connectivity index (χ2n) is 12.5. The van der Waals surface area contributed by atoms with Crippen LogP contribution in [0.2, 0.25) is 0 Å². The Labute approximate surface area is 251 Å². The summed E-state index contributed by atoms with van der Waals surface area (Å²) in [6.45, 7) is 13.5. The maximum Gasteiger partial charge on any atom is 0.224 e. The van der Waals surface area contributed by atoms with Crippen molar-refractivity contribution in [3.8, 4) is 0 Å². The molecule has 5 rings (SSSR count). The van der Waals surface area contributed by atoms with E-state index in [1.165, 1.54) is 12.4 Å². The number of carbonyl (C=O) groups excluding carboxylic acids is 1. The van der Waals surface area contributed by atoms with Crippen LogP contribution in [0.4, 0.5) is 21.6 Å². The second kappa shape index (κ2) is 11.9. The van der Waals surface area contributed by atoms with Gasteiger partial charge in [-0.3, -0.25) is 14.3 Å². The van der Waals surface area contributed by atoms with Gasteiger partial charge in [-0.25, -0.2) is 19.3 Å². The molecule has 12 nitrogen and oxygen atoms in total. The first-order valence-corrected chi connectivity index (χ1v) is 14.9. The van der Waals surface area contributed by atoms with Gasteiger partial charge in [0.25, 0.3) is 0 Å². The monoisotopic (exact) mass is 598 g/mol. The van der Waals surface area contributed by atoms with E-state index in [4.69, 9.17) is 25.7 Å². The van der Waals surface area contributed by atoms with E-state index in [9.17, 15) is 9.18 Å². The lowest BCUT2D eigenvalue weighted by Gasteiger charge is -2.31. The van der Waals surface area contributed by atoms with Gasteiger partial charge in [-0.1, -0.05) is 13.8 Å². The van der Waals surface area contributed by atoms with Gasteiger partial charge in [0.1, 0.15) is 29.9 Å². The van der Waals surface area contributed by atoms with Crippen LogP contribution in [0.1, 0.15) is 72.3 Å². The first-order chi connectivity index (χ1) is 20.3. The van der Waals surface area contributed by atoms with E-state index in [0.29, 0.717) is 47.6 Å². The van der Waals surface area contributed by atoms with Gasteiger partial charge in [-0.05, 0) is 70.7 Å². The molecule has 5 N–H and O–H groups in total. The number of nitrogens with zero attached hydrogens (tertiary/aromatic N) is 5. The highest BCUT2D eigenvalue weighted by atomic mass is 19.1. The van der Waals surface area contributed by atoms with Crippen LogP contribution in [-0.2, 0) is 24.7 Å². The zero-order valence-electron chi connectivity index (χ0n) is 25.8. The zero-order valence-corrected chi connectivity index (χ0v) is 25.8. The molecule has 2 aliphatic rings. The molecule has 3 aromatic rings. The number of imidazole rings is 1. The van der Waals surface area contributed by atoms with Crippen molar-refractivity contribution in [3.05, 3.63) is 36.2 Å². The lowest BCUT2D eigenvalue weighted by Crippen LogP contribution is -2.47. The van der Waals surface area contributed by atoms with E-state index in [1.54, 1.807) is 12.4 Å². The summed E-state index contributed by atoms with van der Waals surface area (Å²) in [6.07, 6.45) is 4.19. The van der Waals surface area contributed by atoms with Crippen molar-refractivity contribution in [2.45, 2.75) is 96.5 Å². The summed E-state index contributed by atoms with van der Waals surface area (Å²) in [5, 5.41) is 2.85. The summed E-state index contributed by atoms with van der Waals surface area (Å²) < 4.78 is 35.4. The van der Waals surface area contributed by atoms with Gasteiger partial charge in [0.05, 0.1) is 24.3 Å². The van der Waals surface area contributed by atoms with Gasteiger partial charge in [-0.15, -0.1) is 0 Å². The largest absolute Gasteiger partial charge is 0.397 e. The van der Waals surface area contributed by atoms with Crippen molar-refractivity contribution in [1.82, 2.24) is 24.4 Å². The van der Waals surface area contributed by atoms with Crippen molar-refractivity contribution >= 4 is 34.3 Å². The molecule has 2 fully saturated rings. The number of benzene rings is 1. The number of halogens is 1. The number of nitrogens with one attached hydrogen (secondary N) is 1. The average molecular weight is 599 g/mol. The van der Waals surface area contributed by atoms with Crippen molar-refractivity contribution in [3.63, 3.8) is 0 Å². The van der Waals surface area contributed by atoms with Gasteiger partial charge in [0, 0.05) is 19.0 Å². The highest BCUT2D eigenvalue weighted by Crippen LogP contribution is 2.47.